The van der Waals surface area contributed by atoms with Gasteiger partial charge in [-0.25, -0.2) is 0 Å². The Kier molecular flexibility index (Phi) is 9.24. The summed E-state index contributed by atoms with van der Waals surface area (Å²) in [7, 11) is 0. The molecule has 6 heteroatoms. The number of halogens is 1. The quantitative estimate of drug-likeness (QED) is 0.441. The van der Waals surface area contributed by atoms with Gasteiger partial charge in [-0.1, -0.05) is 20.8 Å². The lowest BCUT2D eigenvalue weighted by Gasteiger charge is -2.36. The van der Waals surface area contributed by atoms with E-state index in [1.165, 1.54) is 0 Å². The molecule has 0 aromatic carbocycles. The monoisotopic (exact) mass is 410 g/mol. The van der Waals surface area contributed by atoms with Gasteiger partial charge >= 0.3 is 0 Å². The summed E-state index contributed by atoms with van der Waals surface area (Å²) in [4.78, 5) is 20.2. The van der Waals surface area contributed by atoms with Gasteiger partial charge in [-0.3, -0.25) is 9.79 Å². The van der Waals surface area contributed by atoms with E-state index in [1.807, 2.05) is 4.90 Å². The molecule has 0 aliphatic carbocycles. The molecule has 0 radical (unpaired) electrons. The van der Waals surface area contributed by atoms with Gasteiger partial charge in [0.25, 0.3) is 0 Å². The van der Waals surface area contributed by atoms with Gasteiger partial charge in [0.15, 0.2) is 5.96 Å². The molecule has 1 amide bonds. The summed E-state index contributed by atoms with van der Waals surface area (Å²) in [5.74, 6) is 1.15. The Hall–Kier alpha value is -0.530. The molecule has 1 aliphatic rings. The molecule has 0 spiro atoms. The van der Waals surface area contributed by atoms with Gasteiger partial charge in [-0.2, -0.15) is 0 Å². The zero-order valence-electron chi connectivity index (χ0n) is 14.1. The summed E-state index contributed by atoms with van der Waals surface area (Å²) in [6.45, 7) is 15.5. The van der Waals surface area contributed by atoms with Crippen molar-refractivity contribution in [3.05, 3.63) is 0 Å². The van der Waals surface area contributed by atoms with Crippen molar-refractivity contribution in [3.8, 4) is 0 Å². The summed E-state index contributed by atoms with van der Waals surface area (Å²) >= 11 is 0. The van der Waals surface area contributed by atoms with Crippen molar-refractivity contribution >= 4 is 35.8 Å². The van der Waals surface area contributed by atoms with Gasteiger partial charge in [0, 0.05) is 46.2 Å². The maximum Gasteiger partial charge on any atom is 0.219 e. The van der Waals surface area contributed by atoms with E-state index in [4.69, 9.17) is 4.99 Å². The molecule has 1 N–H and O–H groups in total. The average Bonchev–Trinajstić information content (AvgIpc) is 2.36. The van der Waals surface area contributed by atoms with Crippen LogP contribution in [0.4, 0.5) is 0 Å². The van der Waals surface area contributed by atoms with Gasteiger partial charge in [-0.05, 0) is 18.8 Å². The number of rotatable bonds is 3. The van der Waals surface area contributed by atoms with Crippen LogP contribution in [0.1, 0.15) is 41.0 Å². The van der Waals surface area contributed by atoms with E-state index in [1.54, 1.807) is 6.92 Å². The molecular weight excluding hydrogens is 379 g/mol. The molecule has 0 saturated carbocycles. The molecule has 124 valence electrons. The Labute approximate surface area is 146 Å². The highest BCUT2D eigenvalue weighted by atomic mass is 127. The first-order valence-corrected chi connectivity index (χ1v) is 7.62. The van der Waals surface area contributed by atoms with Crippen LogP contribution in [0, 0.1) is 5.41 Å². The first kappa shape index (κ1) is 20.5. The fraction of sp³-hybridized carbons (Fsp3) is 0.867. The minimum Gasteiger partial charge on any atom is -0.357 e. The summed E-state index contributed by atoms with van der Waals surface area (Å²) < 4.78 is 0. The fourth-order valence-electron chi connectivity index (χ4n) is 2.16. The first-order chi connectivity index (χ1) is 9.33. The number of hydrogen-bond donors (Lipinski definition) is 1. The minimum absolute atomic E-state index is 0. The molecule has 0 atom stereocenters. The van der Waals surface area contributed by atoms with E-state index in [0.29, 0.717) is 5.41 Å². The van der Waals surface area contributed by atoms with Gasteiger partial charge in [0.1, 0.15) is 0 Å². The Morgan fingerprint density at radius 3 is 2.10 bits per heavy atom. The topological polar surface area (TPSA) is 47.9 Å². The standard InChI is InChI=1S/C15H30N4O.HI/c1-6-16-14(17-8-7-15(3,4)5)19-11-9-18(10-12-19)13(2)20;/h6-12H2,1-5H3,(H,16,17);1H. The van der Waals surface area contributed by atoms with Crippen LogP contribution in [0.3, 0.4) is 0 Å². The average molecular weight is 410 g/mol. The van der Waals surface area contributed by atoms with Gasteiger partial charge in [0.05, 0.1) is 0 Å². The van der Waals surface area contributed by atoms with Crippen LogP contribution in [0.5, 0.6) is 0 Å². The maximum atomic E-state index is 11.3. The molecule has 0 bridgehead atoms. The molecule has 1 fully saturated rings. The predicted octanol–water partition coefficient (Wildman–Crippen LogP) is 2.17. The number of hydrogen-bond acceptors (Lipinski definition) is 2. The summed E-state index contributed by atoms with van der Waals surface area (Å²) in [5.41, 5.74) is 0.314. The van der Waals surface area contributed by atoms with Crippen LogP contribution in [-0.4, -0.2) is 60.9 Å². The first-order valence-electron chi connectivity index (χ1n) is 7.62. The Morgan fingerprint density at radius 2 is 1.67 bits per heavy atom. The fourth-order valence-corrected chi connectivity index (χ4v) is 2.16. The molecule has 1 saturated heterocycles. The van der Waals surface area contributed by atoms with Crippen LogP contribution in [0.15, 0.2) is 4.99 Å². The number of amides is 1. The van der Waals surface area contributed by atoms with Crippen LogP contribution in [-0.2, 0) is 4.79 Å². The van der Waals surface area contributed by atoms with Crippen molar-refractivity contribution in [1.29, 1.82) is 0 Å². The van der Waals surface area contributed by atoms with Crippen molar-refractivity contribution in [2.75, 3.05) is 39.3 Å². The van der Waals surface area contributed by atoms with Crippen LogP contribution in [0.2, 0.25) is 0 Å². The molecule has 0 aromatic heterocycles. The zero-order valence-corrected chi connectivity index (χ0v) is 16.4. The van der Waals surface area contributed by atoms with E-state index >= 15 is 0 Å². The highest BCUT2D eigenvalue weighted by Crippen LogP contribution is 2.18. The van der Waals surface area contributed by atoms with Crippen molar-refractivity contribution < 1.29 is 4.79 Å². The number of carbonyl (C=O) groups excluding carboxylic acids is 1. The molecule has 1 rings (SSSR count). The molecular formula is C15H31IN4O. The molecule has 0 unspecified atom stereocenters. The van der Waals surface area contributed by atoms with Crippen LogP contribution >= 0.6 is 24.0 Å². The molecule has 1 aliphatic heterocycles. The highest BCUT2D eigenvalue weighted by molar-refractivity contribution is 14.0. The number of nitrogens with one attached hydrogen (secondary N) is 1. The lowest BCUT2D eigenvalue weighted by molar-refractivity contribution is -0.130. The van der Waals surface area contributed by atoms with Crippen LogP contribution in [0.25, 0.3) is 0 Å². The normalized spacial score (nSPS) is 16.5. The van der Waals surface area contributed by atoms with E-state index in [0.717, 1.165) is 51.6 Å². The van der Waals surface area contributed by atoms with Crippen molar-refractivity contribution in [2.24, 2.45) is 10.4 Å². The third kappa shape index (κ3) is 7.87. The second-order valence-corrected chi connectivity index (χ2v) is 6.54. The van der Waals surface area contributed by atoms with E-state index in [9.17, 15) is 4.79 Å². The number of carbonyl (C=O) groups is 1. The van der Waals surface area contributed by atoms with Gasteiger partial charge < -0.3 is 15.1 Å². The predicted molar refractivity (Wildman–Crippen MR) is 99.3 cm³/mol. The summed E-state index contributed by atoms with van der Waals surface area (Å²) in [6.07, 6.45) is 1.08. The smallest absolute Gasteiger partial charge is 0.219 e. The number of piperazine rings is 1. The van der Waals surface area contributed by atoms with Crippen molar-refractivity contribution in [3.63, 3.8) is 0 Å². The third-order valence-electron chi connectivity index (χ3n) is 3.48. The molecule has 5 nitrogen and oxygen atoms in total. The van der Waals surface area contributed by atoms with Crippen LogP contribution < -0.4 is 5.32 Å². The van der Waals surface area contributed by atoms with Gasteiger partial charge in [0.2, 0.25) is 5.91 Å². The second-order valence-electron chi connectivity index (χ2n) is 6.54. The van der Waals surface area contributed by atoms with Crippen molar-refractivity contribution in [2.45, 2.75) is 41.0 Å². The molecule has 1 heterocycles. The van der Waals surface area contributed by atoms with E-state index in [-0.39, 0.29) is 29.9 Å². The second kappa shape index (κ2) is 9.48. The Balaban J connectivity index is 0.00000400. The van der Waals surface area contributed by atoms with Gasteiger partial charge in [-0.15, -0.1) is 24.0 Å². The van der Waals surface area contributed by atoms with E-state index < -0.39 is 0 Å². The van der Waals surface area contributed by atoms with E-state index in [2.05, 4.69) is 37.9 Å². The molecule has 0 aromatic rings. The number of aliphatic imine (C=N–C) groups is 1. The summed E-state index contributed by atoms with van der Waals surface area (Å²) in [5, 5.41) is 3.36. The third-order valence-corrected chi connectivity index (χ3v) is 3.48. The number of guanidine groups is 1. The largest absolute Gasteiger partial charge is 0.357 e. The lowest BCUT2D eigenvalue weighted by atomic mass is 9.92. The molecule has 21 heavy (non-hydrogen) atoms. The SMILES string of the molecule is CCNC(=NCCC(C)(C)C)N1CCN(C(C)=O)CC1.I. The number of nitrogens with zero attached hydrogens (tertiary/aromatic N) is 3. The minimum atomic E-state index is 0. The Bertz CT molecular complexity index is 344. The lowest BCUT2D eigenvalue weighted by Crippen LogP contribution is -2.53. The Morgan fingerprint density at radius 1 is 1.14 bits per heavy atom. The summed E-state index contributed by atoms with van der Waals surface area (Å²) in [6, 6.07) is 0. The maximum absolute atomic E-state index is 11.3. The van der Waals surface area contributed by atoms with Crippen molar-refractivity contribution in [1.82, 2.24) is 15.1 Å². The highest BCUT2D eigenvalue weighted by Gasteiger charge is 2.20. The zero-order chi connectivity index (χ0) is 15.2.